The molecule has 58 valence electrons. The molecule has 0 aromatic carbocycles. The van der Waals surface area contributed by atoms with E-state index >= 15 is 0 Å². The molecule has 0 aliphatic rings. The Morgan fingerprint density at radius 3 is 2.30 bits per heavy atom. The van der Waals surface area contributed by atoms with Gasteiger partial charge in [0.1, 0.15) is 0 Å². The fourth-order valence-electron chi connectivity index (χ4n) is 0.634. The molecule has 0 spiro atoms. The Labute approximate surface area is 65.2 Å². The Kier molecular flexibility index (Phi) is 4.58. The molecule has 0 radical (unpaired) electrons. The number of hydrogen-bond acceptors (Lipinski definition) is 1. The standard InChI is InChI=1S/C8H18BN/c1-5-6-7-9-10-8(2,3)4/h5-7H2,1-4H3. The minimum absolute atomic E-state index is 0.119. The molecule has 0 saturated carbocycles. The van der Waals surface area contributed by atoms with Crippen LogP contribution in [0.4, 0.5) is 0 Å². The van der Waals surface area contributed by atoms with E-state index < -0.39 is 0 Å². The van der Waals surface area contributed by atoms with Crippen LogP contribution in [0.3, 0.4) is 0 Å². The second-order valence-electron chi connectivity index (χ2n) is 3.62. The van der Waals surface area contributed by atoms with Crippen molar-refractivity contribution >= 4 is 7.07 Å². The number of unbranched alkanes of at least 4 members (excludes halogenated alkanes) is 1. The first kappa shape index (κ1) is 9.86. The molecule has 0 aliphatic carbocycles. The van der Waals surface area contributed by atoms with Gasteiger partial charge in [0.15, 0.2) is 0 Å². The third kappa shape index (κ3) is 7.86. The van der Waals surface area contributed by atoms with Gasteiger partial charge in [-0.05, 0) is 0 Å². The van der Waals surface area contributed by atoms with E-state index in [2.05, 4.69) is 32.6 Å². The van der Waals surface area contributed by atoms with Crippen molar-refractivity contribution in [3.8, 4) is 0 Å². The zero-order valence-electron chi connectivity index (χ0n) is 7.65. The van der Waals surface area contributed by atoms with Crippen LogP contribution in [0.15, 0.2) is 4.90 Å². The van der Waals surface area contributed by atoms with Crippen LogP contribution in [0.2, 0.25) is 6.32 Å². The predicted molar refractivity (Wildman–Crippen MR) is 47.7 cm³/mol. The molecular formula is C8H18BN. The Morgan fingerprint density at radius 1 is 1.30 bits per heavy atom. The van der Waals surface area contributed by atoms with Crippen molar-refractivity contribution in [3.63, 3.8) is 0 Å². The van der Waals surface area contributed by atoms with Crippen molar-refractivity contribution in [1.29, 1.82) is 0 Å². The van der Waals surface area contributed by atoms with E-state index in [0.717, 1.165) is 6.32 Å². The van der Waals surface area contributed by atoms with Gasteiger partial charge < -0.3 is 0 Å². The Hall–Kier alpha value is -0.135. The number of nitrogens with zero attached hydrogens (tertiary/aromatic N) is 1. The molecule has 0 atom stereocenters. The summed E-state index contributed by atoms with van der Waals surface area (Å²) in [5, 5.41) is 0. The summed E-state index contributed by atoms with van der Waals surface area (Å²) in [6.07, 6.45) is 3.66. The normalized spacial score (nSPS) is 12.0. The third-order valence-electron chi connectivity index (χ3n) is 1.17. The summed E-state index contributed by atoms with van der Waals surface area (Å²) in [4.78, 5) is 4.37. The fraction of sp³-hybridized carbons (Fsp3) is 1.00. The number of hydrogen-bond donors (Lipinski definition) is 0. The van der Waals surface area contributed by atoms with Crippen LogP contribution in [-0.2, 0) is 0 Å². The second-order valence-corrected chi connectivity index (χ2v) is 3.62. The van der Waals surface area contributed by atoms with Gasteiger partial charge in [-0.25, -0.2) is 0 Å². The van der Waals surface area contributed by atoms with Gasteiger partial charge in [-0.3, -0.25) is 0 Å². The van der Waals surface area contributed by atoms with Crippen molar-refractivity contribution < 1.29 is 0 Å². The predicted octanol–water partition coefficient (Wildman–Crippen LogP) is 2.89. The molecule has 0 aromatic rings. The molecule has 0 N–H and O–H groups in total. The SMILES string of the molecule is CCCCB=NC(C)(C)C. The summed E-state index contributed by atoms with van der Waals surface area (Å²) in [5.74, 6) is 0. The maximum absolute atomic E-state index is 4.37. The molecule has 0 bridgehead atoms. The topological polar surface area (TPSA) is 12.4 Å². The van der Waals surface area contributed by atoms with Crippen molar-refractivity contribution in [2.24, 2.45) is 4.90 Å². The van der Waals surface area contributed by atoms with Gasteiger partial charge in [-0.15, -0.1) is 0 Å². The van der Waals surface area contributed by atoms with Crippen LogP contribution in [0, 0.1) is 0 Å². The molecule has 1 nitrogen and oxygen atoms in total. The number of rotatable bonds is 3. The summed E-state index contributed by atoms with van der Waals surface area (Å²) in [6, 6.07) is 0. The van der Waals surface area contributed by atoms with Crippen LogP contribution in [0.5, 0.6) is 0 Å². The molecule has 0 heterocycles. The van der Waals surface area contributed by atoms with Crippen molar-refractivity contribution in [1.82, 2.24) is 0 Å². The first-order valence-electron chi connectivity index (χ1n) is 4.10. The van der Waals surface area contributed by atoms with Crippen molar-refractivity contribution in [2.45, 2.75) is 52.4 Å². The summed E-state index contributed by atoms with van der Waals surface area (Å²) in [7, 11) is 2.05. The summed E-state index contributed by atoms with van der Waals surface area (Å²) in [6.45, 7) is 8.56. The summed E-state index contributed by atoms with van der Waals surface area (Å²) >= 11 is 0. The molecule has 0 rings (SSSR count). The van der Waals surface area contributed by atoms with Gasteiger partial charge in [0.2, 0.25) is 0 Å². The third-order valence-corrected chi connectivity index (χ3v) is 1.17. The van der Waals surface area contributed by atoms with E-state index in [9.17, 15) is 0 Å². The van der Waals surface area contributed by atoms with Gasteiger partial charge in [-0.1, -0.05) is 0 Å². The van der Waals surface area contributed by atoms with Gasteiger partial charge in [0.05, 0.1) is 0 Å². The molecular weight excluding hydrogens is 121 g/mol. The average Bonchev–Trinajstić information content (AvgIpc) is 1.78. The van der Waals surface area contributed by atoms with Gasteiger partial charge in [-0.2, -0.15) is 0 Å². The average molecular weight is 139 g/mol. The monoisotopic (exact) mass is 139 g/mol. The Morgan fingerprint density at radius 2 is 1.90 bits per heavy atom. The Balaban J connectivity index is 3.37. The summed E-state index contributed by atoms with van der Waals surface area (Å²) in [5.41, 5.74) is 0.119. The van der Waals surface area contributed by atoms with Gasteiger partial charge in [0, 0.05) is 0 Å². The van der Waals surface area contributed by atoms with E-state index in [1.165, 1.54) is 12.8 Å². The van der Waals surface area contributed by atoms with E-state index in [1.54, 1.807) is 0 Å². The van der Waals surface area contributed by atoms with Crippen LogP contribution in [0.25, 0.3) is 0 Å². The molecule has 2 heteroatoms. The zero-order valence-corrected chi connectivity index (χ0v) is 7.65. The van der Waals surface area contributed by atoms with Gasteiger partial charge in [0.25, 0.3) is 0 Å². The summed E-state index contributed by atoms with van der Waals surface area (Å²) < 4.78 is 0. The van der Waals surface area contributed by atoms with Crippen molar-refractivity contribution in [3.05, 3.63) is 0 Å². The van der Waals surface area contributed by atoms with Crippen LogP contribution in [-0.4, -0.2) is 12.6 Å². The fourth-order valence-corrected chi connectivity index (χ4v) is 0.634. The minimum atomic E-state index is 0.119. The first-order valence-corrected chi connectivity index (χ1v) is 4.10. The van der Waals surface area contributed by atoms with E-state index in [-0.39, 0.29) is 5.54 Å². The molecule has 0 amide bonds. The van der Waals surface area contributed by atoms with E-state index in [4.69, 9.17) is 0 Å². The second kappa shape index (κ2) is 4.65. The van der Waals surface area contributed by atoms with Crippen LogP contribution < -0.4 is 0 Å². The maximum atomic E-state index is 4.37. The Bertz CT molecular complexity index is 102. The molecule has 0 fully saturated rings. The van der Waals surface area contributed by atoms with E-state index in [0.29, 0.717) is 0 Å². The molecule has 0 aliphatic heterocycles. The van der Waals surface area contributed by atoms with Crippen LogP contribution in [0.1, 0.15) is 40.5 Å². The van der Waals surface area contributed by atoms with E-state index in [1.807, 2.05) is 7.07 Å². The van der Waals surface area contributed by atoms with Gasteiger partial charge >= 0.3 is 64.4 Å². The molecule has 0 unspecified atom stereocenters. The molecule has 10 heavy (non-hydrogen) atoms. The molecule has 0 aromatic heterocycles. The quantitative estimate of drug-likeness (QED) is 0.421. The van der Waals surface area contributed by atoms with Crippen LogP contribution >= 0.6 is 0 Å². The van der Waals surface area contributed by atoms with Crippen molar-refractivity contribution in [2.75, 3.05) is 0 Å². The first-order chi connectivity index (χ1) is 4.56. The molecule has 0 saturated heterocycles. The zero-order chi connectivity index (χ0) is 8.04.